The van der Waals surface area contributed by atoms with Crippen molar-refractivity contribution in [1.29, 1.82) is 0 Å². The summed E-state index contributed by atoms with van der Waals surface area (Å²) >= 11 is 0. The highest BCUT2D eigenvalue weighted by Gasteiger charge is 2.77. The van der Waals surface area contributed by atoms with E-state index in [2.05, 4.69) is 21.1 Å². The molecule has 0 unspecified atom stereocenters. The molecule has 0 aromatic rings. The normalized spacial score (nSPS) is 46.6. The summed E-state index contributed by atoms with van der Waals surface area (Å²) in [5, 5.41) is 74.3. The summed E-state index contributed by atoms with van der Waals surface area (Å²) in [7, 11) is 0. The number of amides is 2. The molecule has 0 saturated heterocycles. The molecule has 0 aliphatic heterocycles. The van der Waals surface area contributed by atoms with E-state index < -0.39 is 129 Å². The molecule has 374 valence electrons. The Morgan fingerprint density at radius 3 is 1.38 bits per heavy atom. The van der Waals surface area contributed by atoms with E-state index in [-0.39, 0.29) is 39.3 Å². The highest BCUT2D eigenvalue weighted by molar-refractivity contribution is 6.07. The molecule has 8 rings (SSSR count). The summed E-state index contributed by atoms with van der Waals surface area (Å²) in [4.78, 5) is 51.0. The van der Waals surface area contributed by atoms with E-state index in [1.165, 1.54) is 0 Å². The summed E-state index contributed by atoms with van der Waals surface area (Å²) in [5.74, 6) is -5.74. The number of alkyl halides is 2. The second-order valence-electron chi connectivity index (χ2n) is 21.9. The molecular weight excluding hydrogens is 887 g/mol. The maximum Gasteiger partial charge on any atom is 0.266 e. The number of ketones is 2. The second-order valence-corrected chi connectivity index (χ2v) is 21.9. The fourth-order valence-electron chi connectivity index (χ4n) is 15.4. The Hall–Kier alpha value is -3.88. The van der Waals surface area contributed by atoms with Crippen molar-refractivity contribution in [3.63, 3.8) is 0 Å². The molecule has 6 saturated carbocycles. The summed E-state index contributed by atoms with van der Waals surface area (Å²) in [5.41, 5.74) is -5.66. The number of rotatable bonds is 13. The number of allylic oxidation sites excluding steroid dienone is 8. The SMILES string of the molecule is C[C@@H]1C[C@H]2[C@@H]3CCC4=C/C(=N/NC(=O)COCCOCC(=O)N/N=C5\C=C[C@@]6(C)C(=C5)CC[C@H]5[C@@H]7C[C@@H](C)[C@](O)(C(=O)CO)[C@@]7(C)C[C@H](O)[C@@]56F)C=C[C@]4(C)[C@@]3(F)[C@@H](O)C[C@]2(C)[C@@]1(O)C(=O)CO. The van der Waals surface area contributed by atoms with Gasteiger partial charge in [0.1, 0.15) is 37.6 Å². The predicted molar refractivity (Wildman–Crippen MR) is 243 cm³/mol. The van der Waals surface area contributed by atoms with Crippen LogP contribution >= 0.6 is 0 Å². The highest BCUT2D eigenvalue weighted by Crippen LogP contribution is 2.72. The molecule has 16 atom stereocenters. The number of carbonyl (C=O) groups excluding carboxylic acids is 4. The van der Waals surface area contributed by atoms with Crippen LogP contribution in [0.2, 0.25) is 0 Å². The second kappa shape index (κ2) is 17.5. The van der Waals surface area contributed by atoms with Gasteiger partial charge in [-0.25, -0.2) is 19.6 Å². The third-order valence-electron chi connectivity index (χ3n) is 19.1. The number of hydrogen-bond acceptors (Lipinski definition) is 14. The molecule has 0 heterocycles. The molecule has 0 aromatic carbocycles. The summed E-state index contributed by atoms with van der Waals surface area (Å²) in [6, 6.07) is 0. The first kappa shape index (κ1) is 50.5. The van der Waals surface area contributed by atoms with Gasteiger partial charge in [0.2, 0.25) is 0 Å². The first-order valence-electron chi connectivity index (χ1n) is 24.0. The molecule has 16 nitrogen and oxygen atoms in total. The third-order valence-corrected chi connectivity index (χ3v) is 19.1. The van der Waals surface area contributed by atoms with Crippen LogP contribution in [0.5, 0.6) is 0 Å². The third kappa shape index (κ3) is 6.92. The Kier molecular flexibility index (Phi) is 13.0. The van der Waals surface area contributed by atoms with Gasteiger partial charge < -0.3 is 40.1 Å². The number of Topliss-reactive ketones (excluding diaryl/α,β-unsaturated/α-hetero) is 2. The average Bonchev–Trinajstić information content (AvgIpc) is 3.63. The van der Waals surface area contributed by atoms with E-state index in [4.69, 9.17) is 9.47 Å². The van der Waals surface area contributed by atoms with E-state index in [1.807, 2.05) is 0 Å². The zero-order valence-corrected chi connectivity index (χ0v) is 39.8. The maximum absolute atomic E-state index is 17.7. The molecule has 18 heteroatoms. The first-order valence-corrected chi connectivity index (χ1v) is 24.0. The van der Waals surface area contributed by atoms with Crippen LogP contribution in [-0.4, -0.2) is 140 Å². The average molecular weight is 955 g/mol. The minimum atomic E-state index is -2.11. The van der Waals surface area contributed by atoms with Crippen molar-refractivity contribution in [3.05, 3.63) is 47.6 Å². The van der Waals surface area contributed by atoms with Crippen LogP contribution in [0.15, 0.2) is 57.8 Å². The van der Waals surface area contributed by atoms with Crippen molar-refractivity contribution in [2.24, 2.45) is 67.4 Å². The van der Waals surface area contributed by atoms with Gasteiger partial charge in [0.25, 0.3) is 11.8 Å². The van der Waals surface area contributed by atoms with Crippen LogP contribution in [0, 0.1) is 57.2 Å². The highest BCUT2D eigenvalue weighted by atomic mass is 19.1. The Bertz CT molecular complexity index is 2150. The molecule has 0 bridgehead atoms. The van der Waals surface area contributed by atoms with Crippen LogP contribution in [-0.2, 0) is 28.7 Å². The number of hydrogen-bond donors (Lipinski definition) is 8. The van der Waals surface area contributed by atoms with Gasteiger partial charge in [-0.15, -0.1) is 0 Å². The zero-order valence-electron chi connectivity index (χ0n) is 39.8. The smallest absolute Gasteiger partial charge is 0.266 e. The monoisotopic (exact) mass is 954 g/mol. The first-order chi connectivity index (χ1) is 31.9. The van der Waals surface area contributed by atoms with Crippen molar-refractivity contribution >= 4 is 34.8 Å². The minimum absolute atomic E-state index is 0.0260. The fourth-order valence-corrected chi connectivity index (χ4v) is 15.4. The lowest BCUT2D eigenvalue weighted by atomic mass is 9.44. The van der Waals surface area contributed by atoms with Gasteiger partial charge in [0.05, 0.1) is 36.8 Å². The predicted octanol–water partition coefficient (Wildman–Crippen LogP) is 2.64. The summed E-state index contributed by atoms with van der Waals surface area (Å²) < 4.78 is 46.1. The Morgan fingerprint density at radius 1 is 0.662 bits per heavy atom. The van der Waals surface area contributed by atoms with Crippen LogP contribution in [0.25, 0.3) is 0 Å². The number of aliphatic hydroxyl groups is 6. The molecular formula is C50H68F2N4O12. The lowest BCUT2D eigenvalue weighted by Gasteiger charge is -2.62. The van der Waals surface area contributed by atoms with Gasteiger partial charge in [0.15, 0.2) is 22.9 Å². The number of nitrogens with one attached hydrogen (secondary N) is 2. The van der Waals surface area contributed by atoms with Crippen molar-refractivity contribution in [2.45, 2.75) is 128 Å². The van der Waals surface area contributed by atoms with E-state index in [0.29, 0.717) is 61.1 Å². The molecule has 68 heavy (non-hydrogen) atoms. The largest absolute Gasteiger partial charge is 0.390 e. The summed E-state index contributed by atoms with van der Waals surface area (Å²) in [6.45, 7) is 7.94. The number of carbonyl (C=O) groups is 4. The van der Waals surface area contributed by atoms with Crippen LogP contribution in [0.3, 0.4) is 0 Å². The Morgan fingerprint density at radius 2 is 1.03 bits per heavy atom. The lowest BCUT2D eigenvalue weighted by Crippen LogP contribution is -2.69. The Balaban J connectivity index is 0.784. The number of fused-ring (bicyclic) bond motifs is 10. The van der Waals surface area contributed by atoms with Crippen molar-refractivity contribution in [3.8, 4) is 0 Å². The molecule has 6 fully saturated rings. The van der Waals surface area contributed by atoms with E-state index in [9.17, 15) is 49.8 Å². The number of nitrogens with zero attached hydrogens (tertiary/aromatic N) is 2. The van der Waals surface area contributed by atoms with Gasteiger partial charge in [-0.3, -0.25) is 19.2 Å². The molecule has 8 aliphatic rings. The van der Waals surface area contributed by atoms with E-state index in [1.54, 1.807) is 78.0 Å². The minimum Gasteiger partial charge on any atom is -0.390 e. The zero-order chi connectivity index (χ0) is 49.6. The van der Waals surface area contributed by atoms with Gasteiger partial charge in [-0.2, -0.15) is 10.2 Å². The topological polar surface area (TPSA) is 257 Å². The van der Waals surface area contributed by atoms with Crippen LogP contribution in [0.1, 0.15) is 92.9 Å². The molecule has 8 aliphatic carbocycles. The van der Waals surface area contributed by atoms with Gasteiger partial charge >= 0.3 is 0 Å². The number of ether oxygens (including phenoxy) is 2. The number of halogens is 2. The van der Waals surface area contributed by atoms with Crippen LogP contribution in [0.4, 0.5) is 8.78 Å². The molecule has 2 amide bonds. The quantitative estimate of drug-likeness (QED) is 0.0980. The van der Waals surface area contributed by atoms with Gasteiger partial charge in [0, 0.05) is 33.5 Å². The molecule has 0 aromatic heterocycles. The maximum atomic E-state index is 17.7. The van der Waals surface area contributed by atoms with Crippen LogP contribution < -0.4 is 10.9 Å². The van der Waals surface area contributed by atoms with E-state index >= 15 is 8.78 Å². The lowest BCUT2D eigenvalue weighted by molar-refractivity contribution is -0.219. The Labute approximate surface area is 395 Å². The molecule has 0 radical (unpaired) electrons. The summed E-state index contributed by atoms with van der Waals surface area (Å²) in [6.07, 6.45) is 9.03. The standard InChI is InChI=1S/C50H68F2N4O12/c1-27-17-35-33-9-7-29-19-31(11-13-43(29,3)47(33,51)37(59)21-45(35,5)49(27,65)39(61)23-57)53-55-41(63)25-67-15-16-68-26-42(64)56-54-32-12-14-44(4)30(20-32)8-10-34-36-18-28(2)50(66,40(62)24-58)46(36,6)22-38(60)48(34,44)52/h11-14,19-20,27-28,33-38,57-60,65-66H,7-10,15-18,21-26H2,1-6H3,(H,55,63)(H,56,64)/b53-31+,54-32+/t27-,28-,33+,34+,35+,36+,37+,38+,43+,44+,45+,46+,47+,48+,49+,50+/m1/s1. The van der Waals surface area contributed by atoms with Gasteiger partial charge in [-0.1, -0.05) is 51.0 Å². The fraction of sp³-hybridized carbons (Fsp3) is 0.720. The van der Waals surface area contributed by atoms with Crippen molar-refractivity contribution < 1.29 is 68.1 Å². The van der Waals surface area contributed by atoms with E-state index in [0.717, 1.165) is 0 Å². The molecule has 0 spiro atoms. The van der Waals surface area contributed by atoms with Crippen molar-refractivity contribution in [1.82, 2.24) is 10.9 Å². The number of hydrazone groups is 2. The van der Waals surface area contributed by atoms with Gasteiger partial charge in [-0.05, 0) is 113 Å². The van der Waals surface area contributed by atoms with Crippen molar-refractivity contribution in [2.75, 3.05) is 39.6 Å². The molecule has 8 N–H and O–H groups in total. The number of aliphatic hydroxyl groups excluding tert-OH is 4.